The molecule has 0 bridgehead atoms. The number of amides is 1. The molecular formula is C19H27ClN2O5. The first-order valence-electron chi connectivity index (χ1n) is 8.29. The predicted molar refractivity (Wildman–Crippen MR) is 107 cm³/mol. The van der Waals surface area contributed by atoms with Gasteiger partial charge in [0.05, 0.1) is 12.8 Å². The maximum atomic E-state index is 10.8. The predicted octanol–water partition coefficient (Wildman–Crippen LogP) is 3.43. The number of ether oxygens (including phenoxy) is 2. The molecule has 0 spiro atoms. The Hall–Kier alpha value is -2.22. The molecule has 27 heavy (non-hydrogen) atoms. The molecule has 0 aliphatic heterocycles. The maximum absolute atomic E-state index is 10.8. The number of hydrogen-bond acceptors (Lipinski definition) is 5. The van der Waals surface area contributed by atoms with Crippen LogP contribution < -0.4 is 15.4 Å². The third-order valence-electron chi connectivity index (χ3n) is 3.91. The molecule has 0 fully saturated rings. The molecule has 2 atom stereocenters. The van der Waals surface area contributed by atoms with Crippen molar-refractivity contribution in [2.45, 2.75) is 32.1 Å². The molecule has 1 aromatic rings. The van der Waals surface area contributed by atoms with Crippen LogP contribution in [0.3, 0.4) is 0 Å². The Morgan fingerprint density at radius 2 is 2.07 bits per heavy atom. The smallest absolute Gasteiger partial charge is 0.406 e. The lowest BCUT2D eigenvalue weighted by Gasteiger charge is -2.29. The normalized spacial score (nSPS) is 15.3. The molecule has 0 saturated carbocycles. The van der Waals surface area contributed by atoms with Gasteiger partial charge in [-0.15, -0.1) is 0 Å². The van der Waals surface area contributed by atoms with Gasteiger partial charge in [-0.1, -0.05) is 35.4 Å². The van der Waals surface area contributed by atoms with Crippen molar-refractivity contribution in [3.63, 3.8) is 0 Å². The summed E-state index contributed by atoms with van der Waals surface area (Å²) in [5.74, 6) is 0.595. The zero-order valence-corrected chi connectivity index (χ0v) is 16.9. The molecule has 0 aliphatic carbocycles. The third kappa shape index (κ3) is 6.78. The van der Waals surface area contributed by atoms with Gasteiger partial charge in [0.15, 0.2) is 5.72 Å². The molecule has 4 N–H and O–H groups in total. The molecule has 7 nitrogen and oxygen atoms in total. The summed E-state index contributed by atoms with van der Waals surface area (Å²) < 4.78 is 10.5. The Balaban J connectivity index is 2.91. The topological polar surface area (TPSA) is 100 Å². The van der Waals surface area contributed by atoms with E-state index in [1.807, 2.05) is 30.4 Å². The van der Waals surface area contributed by atoms with Crippen LogP contribution in [0.1, 0.15) is 19.4 Å². The first-order chi connectivity index (χ1) is 12.6. The van der Waals surface area contributed by atoms with Crippen LogP contribution in [0, 0.1) is 0 Å². The van der Waals surface area contributed by atoms with Crippen LogP contribution in [0.2, 0.25) is 5.02 Å². The fourth-order valence-corrected chi connectivity index (χ4v) is 2.85. The largest absolute Gasteiger partial charge is 0.495 e. The SMILES string of the molecule is CNc1cc(C/C(C)=C/C=C/[C@@H](OC)[C@](C)(O)NC(=O)O)cc(OC)c1Cl. The van der Waals surface area contributed by atoms with Crippen molar-refractivity contribution >= 4 is 23.4 Å². The molecule has 0 unspecified atom stereocenters. The minimum atomic E-state index is -1.75. The summed E-state index contributed by atoms with van der Waals surface area (Å²) in [6, 6.07) is 3.83. The number of nitrogens with one attached hydrogen (secondary N) is 2. The quantitative estimate of drug-likeness (QED) is 0.375. The van der Waals surface area contributed by atoms with E-state index in [1.54, 1.807) is 26.3 Å². The van der Waals surface area contributed by atoms with Crippen LogP contribution in [-0.4, -0.2) is 49.4 Å². The third-order valence-corrected chi connectivity index (χ3v) is 4.30. The van der Waals surface area contributed by atoms with E-state index >= 15 is 0 Å². The summed E-state index contributed by atoms with van der Waals surface area (Å²) in [5, 5.41) is 24.5. The monoisotopic (exact) mass is 398 g/mol. The van der Waals surface area contributed by atoms with Crippen LogP contribution in [0.4, 0.5) is 10.5 Å². The zero-order valence-electron chi connectivity index (χ0n) is 16.2. The second kappa shape index (κ2) is 10.2. The average Bonchev–Trinajstić information content (AvgIpc) is 2.58. The Morgan fingerprint density at radius 1 is 1.41 bits per heavy atom. The number of allylic oxidation sites excluding steroid dienone is 3. The Kier molecular flexibility index (Phi) is 8.62. The maximum Gasteiger partial charge on any atom is 0.406 e. The number of methoxy groups -OCH3 is 2. The first kappa shape index (κ1) is 22.8. The number of aliphatic hydroxyl groups is 1. The molecule has 8 heteroatoms. The van der Waals surface area contributed by atoms with Crippen molar-refractivity contribution < 1.29 is 24.5 Å². The van der Waals surface area contributed by atoms with Gasteiger partial charge < -0.3 is 25.0 Å². The number of rotatable bonds is 9. The van der Waals surface area contributed by atoms with Crippen LogP contribution >= 0.6 is 11.6 Å². The van der Waals surface area contributed by atoms with Crippen LogP contribution in [0.25, 0.3) is 0 Å². The van der Waals surface area contributed by atoms with Crippen LogP contribution in [-0.2, 0) is 11.2 Å². The molecule has 0 saturated heterocycles. The highest BCUT2D eigenvalue weighted by Crippen LogP contribution is 2.34. The highest BCUT2D eigenvalue weighted by Gasteiger charge is 2.31. The summed E-state index contributed by atoms with van der Waals surface area (Å²) in [7, 11) is 4.75. The van der Waals surface area contributed by atoms with E-state index in [-0.39, 0.29) is 0 Å². The van der Waals surface area contributed by atoms with E-state index in [9.17, 15) is 9.90 Å². The van der Waals surface area contributed by atoms with Gasteiger partial charge in [0.25, 0.3) is 0 Å². The molecule has 1 amide bonds. The van der Waals surface area contributed by atoms with E-state index in [4.69, 9.17) is 26.2 Å². The lowest BCUT2D eigenvalue weighted by atomic mass is 10.0. The molecule has 0 radical (unpaired) electrons. The fraction of sp³-hybridized carbons (Fsp3) is 0.421. The van der Waals surface area contributed by atoms with Gasteiger partial charge in [-0.25, -0.2) is 4.79 Å². The number of carbonyl (C=O) groups is 1. The standard InChI is InChI=1S/C19H27ClN2O5/c1-12(7-6-8-16(27-5)19(2,25)22-18(23)24)9-13-10-14(21-3)17(20)15(11-13)26-4/h6-8,10-11,16,21-22,25H,9H2,1-5H3,(H,23,24)/b8-6+,12-7+/t16-,19+/m1/s1. The first-order valence-corrected chi connectivity index (χ1v) is 8.66. The minimum Gasteiger partial charge on any atom is -0.495 e. The Labute approximate surface area is 164 Å². The van der Waals surface area contributed by atoms with Crippen molar-refractivity contribution in [2.75, 3.05) is 26.6 Å². The molecule has 1 rings (SSSR count). The molecule has 150 valence electrons. The average molecular weight is 399 g/mol. The van der Waals surface area contributed by atoms with Gasteiger partial charge in [-0.2, -0.15) is 0 Å². The summed E-state index contributed by atoms with van der Waals surface area (Å²) in [5.41, 5.74) is 1.10. The van der Waals surface area contributed by atoms with Crippen LogP contribution in [0.5, 0.6) is 5.75 Å². The number of benzene rings is 1. The number of halogens is 1. The Morgan fingerprint density at radius 3 is 2.59 bits per heavy atom. The van der Waals surface area contributed by atoms with Gasteiger partial charge in [0, 0.05) is 14.2 Å². The number of anilines is 1. The fourth-order valence-electron chi connectivity index (χ4n) is 2.57. The molecule has 1 aromatic carbocycles. The molecular weight excluding hydrogens is 372 g/mol. The van der Waals surface area contributed by atoms with E-state index < -0.39 is 17.9 Å². The van der Waals surface area contributed by atoms with Crippen molar-refractivity contribution in [3.8, 4) is 5.75 Å². The van der Waals surface area contributed by atoms with Crippen molar-refractivity contribution in [1.29, 1.82) is 0 Å². The molecule has 0 aromatic heterocycles. The lowest BCUT2D eigenvalue weighted by Crippen LogP contribution is -2.54. The zero-order chi connectivity index (χ0) is 20.6. The van der Waals surface area contributed by atoms with Gasteiger partial charge in [0.2, 0.25) is 0 Å². The highest BCUT2D eigenvalue weighted by atomic mass is 35.5. The van der Waals surface area contributed by atoms with E-state index in [0.29, 0.717) is 17.2 Å². The van der Waals surface area contributed by atoms with E-state index in [1.165, 1.54) is 14.0 Å². The van der Waals surface area contributed by atoms with Gasteiger partial charge in [0.1, 0.15) is 16.9 Å². The summed E-state index contributed by atoms with van der Waals surface area (Å²) in [6.07, 6.45) is 3.65. The minimum absolute atomic E-state index is 0.529. The van der Waals surface area contributed by atoms with Crippen molar-refractivity contribution in [2.24, 2.45) is 0 Å². The van der Waals surface area contributed by atoms with Gasteiger partial charge in [-0.05, 0) is 38.0 Å². The van der Waals surface area contributed by atoms with Crippen LogP contribution in [0.15, 0.2) is 35.9 Å². The van der Waals surface area contributed by atoms with E-state index in [2.05, 4.69) is 5.32 Å². The highest BCUT2D eigenvalue weighted by molar-refractivity contribution is 6.34. The van der Waals surface area contributed by atoms with E-state index in [0.717, 1.165) is 16.8 Å². The van der Waals surface area contributed by atoms with Crippen molar-refractivity contribution in [1.82, 2.24) is 5.32 Å². The second-order valence-electron chi connectivity index (χ2n) is 6.22. The summed E-state index contributed by atoms with van der Waals surface area (Å²) in [4.78, 5) is 10.8. The van der Waals surface area contributed by atoms with Gasteiger partial charge in [-0.3, -0.25) is 5.32 Å². The summed E-state index contributed by atoms with van der Waals surface area (Å²) in [6.45, 7) is 3.29. The van der Waals surface area contributed by atoms with Gasteiger partial charge >= 0.3 is 6.09 Å². The number of carboxylic acid groups (broad SMARTS) is 1. The lowest BCUT2D eigenvalue weighted by molar-refractivity contribution is -0.0748. The Bertz CT molecular complexity index is 691. The number of hydrogen-bond donors (Lipinski definition) is 4. The second-order valence-corrected chi connectivity index (χ2v) is 6.60. The molecule has 0 heterocycles. The summed E-state index contributed by atoms with van der Waals surface area (Å²) >= 11 is 6.23. The molecule has 0 aliphatic rings. The van der Waals surface area contributed by atoms with Crippen molar-refractivity contribution in [3.05, 3.63) is 46.5 Å².